The zero-order valence-electron chi connectivity index (χ0n) is 16.1. The van der Waals surface area contributed by atoms with Crippen molar-refractivity contribution in [2.75, 3.05) is 4.90 Å². The molecule has 2 heterocycles. The van der Waals surface area contributed by atoms with Crippen LogP contribution in [0.4, 0.5) is 5.95 Å². The Bertz CT molecular complexity index is 834. The molecule has 1 aliphatic heterocycles. The number of anilines is 1. The van der Waals surface area contributed by atoms with E-state index in [4.69, 9.17) is 0 Å². The predicted molar refractivity (Wildman–Crippen MR) is 105 cm³/mol. The van der Waals surface area contributed by atoms with E-state index in [1.54, 1.807) is 6.33 Å². The van der Waals surface area contributed by atoms with Crippen molar-refractivity contribution in [1.29, 1.82) is 0 Å². The Labute approximate surface area is 160 Å². The molecule has 2 saturated carbocycles. The number of hydrogen-bond acceptors (Lipinski definition) is 3. The van der Waals surface area contributed by atoms with Crippen molar-refractivity contribution >= 4 is 11.9 Å². The first-order valence-corrected chi connectivity index (χ1v) is 10.5. The second kappa shape index (κ2) is 6.47. The highest BCUT2D eigenvalue weighted by Crippen LogP contribution is 2.52. The summed E-state index contributed by atoms with van der Waals surface area (Å²) < 4.78 is 2.14. The molecule has 0 saturated heterocycles. The molecule has 5 heteroatoms. The van der Waals surface area contributed by atoms with Crippen molar-refractivity contribution in [2.24, 2.45) is 5.92 Å². The van der Waals surface area contributed by atoms with Gasteiger partial charge in [-0.05, 0) is 44.7 Å². The van der Waals surface area contributed by atoms with Crippen LogP contribution in [0, 0.1) is 12.8 Å². The Hall–Kier alpha value is -2.17. The van der Waals surface area contributed by atoms with Crippen LogP contribution < -0.4 is 4.90 Å². The summed E-state index contributed by atoms with van der Waals surface area (Å²) in [6.07, 6.45) is 12.6. The monoisotopic (exact) mass is 364 g/mol. The molecule has 142 valence electrons. The van der Waals surface area contributed by atoms with Gasteiger partial charge in [0.25, 0.3) is 5.91 Å². The van der Waals surface area contributed by atoms with E-state index in [0.29, 0.717) is 5.92 Å². The first-order chi connectivity index (χ1) is 13.2. The normalized spacial score (nSPS) is 26.5. The lowest BCUT2D eigenvalue weighted by molar-refractivity contribution is 0.0313. The number of carbonyl (C=O) groups excluding carboxylic acids is 1. The summed E-state index contributed by atoms with van der Waals surface area (Å²) in [6.45, 7) is 2.05. The van der Waals surface area contributed by atoms with Crippen LogP contribution in [0.5, 0.6) is 0 Å². The number of fused-ring (bicyclic) bond motifs is 4. The number of amides is 1. The van der Waals surface area contributed by atoms with Gasteiger partial charge in [-0.25, -0.2) is 4.68 Å². The van der Waals surface area contributed by atoms with Gasteiger partial charge in [-0.15, -0.1) is 0 Å². The van der Waals surface area contributed by atoms with Crippen molar-refractivity contribution in [3.8, 4) is 0 Å². The summed E-state index contributed by atoms with van der Waals surface area (Å²) in [6, 6.07) is 8.18. The minimum atomic E-state index is 0.0687. The minimum absolute atomic E-state index is 0.0687. The third kappa shape index (κ3) is 2.54. The van der Waals surface area contributed by atoms with Crippen molar-refractivity contribution in [3.05, 3.63) is 41.7 Å². The molecule has 5 nitrogen and oxygen atoms in total. The van der Waals surface area contributed by atoms with E-state index in [9.17, 15) is 4.79 Å². The number of benzene rings is 1. The molecule has 1 spiro atoms. The fourth-order valence-corrected chi connectivity index (χ4v) is 5.89. The van der Waals surface area contributed by atoms with Crippen molar-refractivity contribution in [1.82, 2.24) is 14.8 Å². The molecule has 1 aromatic carbocycles. The van der Waals surface area contributed by atoms with Gasteiger partial charge in [-0.1, -0.05) is 49.8 Å². The van der Waals surface area contributed by atoms with Gasteiger partial charge in [0.05, 0.1) is 5.54 Å². The number of aromatic nitrogens is 3. The van der Waals surface area contributed by atoms with Crippen molar-refractivity contribution in [2.45, 2.75) is 76.3 Å². The maximum absolute atomic E-state index is 13.5. The standard InChI is InChI=1S/C22H28N4O/c1-16-9-11-17(12-10-16)20(27)25-19-8-4-3-7-18(19)22(13-5-2-6-14-22)26-21(25)23-15-24-26/h9-12,15,18-19H,2-8,13-14H2,1H3/t18-,19+/m1/s1. The van der Waals surface area contributed by atoms with Gasteiger partial charge >= 0.3 is 0 Å². The molecule has 1 amide bonds. The predicted octanol–water partition coefficient (Wildman–Crippen LogP) is 4.47. The maximum atomic E-state index is 13.5. The van der Waals surface area contributed by atoms with Crippen LogP contribution in [0.2, 0.25) is 0 Å². The fourth-order valence-electron chi connectivity index (χ4n) is 5.89. The molecule has 2 fully saturated rings. The van der Waals surface area contributed by atoms with Crippen LogP contribution in [0.15, 0.2) is 30.6 Å². The van der Waals surface area contributed by atoms with Gasteiger partial charge in [0.15, 0.2) is 0 Å². The van der Waals surface area contributed by atoms with Crippen LogP contribution in [0.1, 0.15) is 73.7 Å². The highest BCUT2D eigenvalue weighted by molar-refractivity contribution is 6.05. The van der Waals surface area contributed by atoms with E-state index in [2.05, 4.69) is 21.7 Å². The molecule has 1 aromatic heterocycles. The molecule has 0 N–H and O–H groups in total. The molecule has 2 atom stereocenters. The summed E-state index contributed by atoms with van der Waals surface area (Å²) in [4.78, 5) is 20.1. The fraction of sp³-hybridized carbons (Fsp3) is 0.591. The Morgan fingerprint density at radius 1 is 1.04 bits per heavy atom. The molecular weight excluding hydrogens is 336 g/mol. The van der Waals surface area contributed by atoms with E-state index < -0.39 is 0 Å². The lowest BCUT2D eigenvalue weighted by atomic mass is 9.64. The van der Waals surface area contributed by atoms with Crippen molar-refractivity contribution < 1.29 is 4.79 Å². The number of rotatable bonds is 1. The van der Waals surface area contributed by atoms with Crippen LogP contribution in [-0.2, 0) is 5.54 Å². The first kappa shape index (κ1) is 17.0. The highest BCUT2D eigenvalue weighted by Gasteiger charge is 2.54. The largest absolute Gasteiger partial charge is 0.273 e. The lowest BCUT2D eigenvalue weighted by Crippen LogP contribution is -2.61. The van der Waals surface area contributed by atoms with Crippen LogP contribution in [0.3, 0.4) is 0 Å². The summed E-state index contributed by atoms with van der Waals surface area (Å²) in [5.41, 5.74) is 1.99. The van der Waals surface area contributed by atoms with Gasteiger partial charge < -0.3 is 0 Å². The Morgan fingerprint density at radius 2 is 1.78 bits per heavy atom. The van der Waals surface area contributed by atoms with E-state index in [1.807, 2.05) is 29.2 Å². The zero-order valence-corrected chi connectivity index (χ0v) is 16.1. The molecular formula is C22H28N4O. The average molecular weight is 364 g/mol. The van der Waals surface area contributed by atoms with Crippen LogP contribution in [0.25, 0.3) is 0 Å². The van der Waals surface area contributed by atoms with Gasteiger partial charge in [-0.3, -0.25) is 9.69 Å². The van der Waals surface area contributed by atoms with E-state index >= 15 is 0 Å². The summed E-state index contributed by atoms with van der Waals surface area (Å²) in [5, 5.41) is 4.68. The van der Waals surface area contributed by atoms with E-state index in [-0.39, 0.29) is 17.5 Å². The molecule has 5 rings (SSSR count). The molecule has 0 bridgehead atoms. The summed E-state index contributed by atoms with van der Waals surface area (Å²) >= 11 is 0. The Morgan fingerprint density at radius 3 is 2.56 bits per heavy atom. The van der Waals surface area contributed by atoms with Gasteiger partial charge in [0.2, 0.25) is 5.95 Å². The number of hydrogen-bond donors (Lipinski definition) is 0. The maximum Gasteiger partial charge on any atom is 0.260 e. The number of aryl methyl sites for hydroxylation is 1. The van der Waals surface area contributed by atoms with Crippen LogP contribution in [-0.4, -0.2) is 26.7 Å². The summed E-state index contributed by atoms with van der Waals surface area (Å²) in [5.74, 6) is 1.34. The molecule has 3 aliphatic rings. The van der Waals surface area contributed by atoms with Crippen LogP contribution >= 0.6 is 0 Å². The van der Waals surface area contributed by atoms with Gasteiger partial charge in [0.1, 0.15) is 6.33 Å². The second-order valence-corrected chi connectivity index (χ2v) is 8.64. The molecule has 27 heavy (non-hydrogen) atoms. The highest BCUT2D eigenvalue weighted by atomic mass is 16.2. The minimum Gasteiger partial charge on any atom is -0.273 e. The Kier molecular flexibility index (Phi) is 4.06. The third-order valence-corrected chi connectivity index (χ3v) is 7.16. The molecule has 0 unspecified atom stereocenters. The average Bonchev–Trinajstić information content (AvgIpc) is 3.20. The van der Waals surface area contributed by atoms with Crippen molar-refractivity contribution in [3.63, 3.8) is 0 Å². The SMILES string of the molecule is Cc1ccc(C(=O)N2c3ncnn3C3(CCCCC3)[C@@H]3CCCC[C@@H]32)cc1. The smallest absolute Gasteiger partial charge is 0.260 e. The molecule has 2 aliphatic carbocycles. The molecule has 0 radical (unpaired) electrons. The molecule has 2 aromatic rings. The Balaban J connectivity index is 1.62. The quantitative estimate of drug-likeness (QED) is 0.750. The van der Waals surface area contributed by atoms with E-state index in [1.165, 1.54) is 56.9 Å². The topological polar surface area (TPSA) is 51.0 Å². The second-order valence-electron chi connectivity index (χ2n) is 8.64. The van der Waals surface area contributed by atoms with E-state index in [0.717, 1.165) is 17.9 Å². The first-order valence-electron chi connectivity index (χ1n) is 10.5. The van der Waals surface area contributed by atoms with Gasteiger partial charge in [-0.2, -0.15) is 10.1 Å². The third-order valence-electron chi connectivity index (χ3n) is 7.16. The number of nitrogens with zero attached hydrogens (tertiary/aromatic N) is 4. The lowest BCUT2D eigenvalue weighted by Gasteiger charge is -2.55. The number of carbonyl (C=O) groups is 1. The van der Waals surface area contributed by atoms with Gasteiger partial charge in [0, 0.05) is 17.5 Å². The zero-order chi connectivity index (χ0) is 18.4. The summed E-state index contributed by atoms with van der Waals surface area (Å²) in [7, 11) is 0.